The topological polar surface area (TPSA) is 75.6 Å². The minimum Gasteiger partial charge on any atom is -0.508 e. The standard InChI is InChI=1S/C10H10FNO4/c1-16-9(14)5-12-10(15)7-3-2-6(13)4-8(7)11/h2-4,13H,5H2,1H3,(H,12,15). The zero-order valence-corrected chi connectivity index (χ0v) is 8.49. The van der Waals surface area contributed by atoms with E-state index in [2.05, 4.69) is 10.1 Å². The number of hydrogen-bond donors (Lipinski definition) is 2. The van der Waals surface area contributed by atoms with Crippen molar-refractivity contribution >= 4 is 11.9 Å². The Morgan fingerprint density at radius 1 is 1.50 bits per heavy atom. The van der Waals surface area contributed by atoms with Crippen LogP contribution in [0.3, 0.4) is 0 Å². The maximum Gasteiger partial charge on any atom is 0.325 e. The minimum atomic E-state index is -0.859. The molecular formula is C10H10FNO4. The summed E-state index contributed by atoms with van der Waals surface area (Å²) in [6.07, 6.45) is 0. The van der Waals surface area contributed by atoms with Crippen LogP contribution in [0.5, 0.6) is 5.75 Å². The molecule has 0 aromatic heterocycles. The number of carbonyl (C=O) groups excluding carboxylic acids is 2. The van der Waals surface area contributed by atoms with Crippen molar-refractivity contribution in [3.8, 4) is 5.75 Å². The van der Waals surface area contributed by atoms with Gasteiger partial charge in [0.1, 0.15) is 18.1 Å². The number of hydrogen-bond acceptors (Lipinski definition) is 4. The molecule has 86 valence electrons. The molecule has 0 aliphatic carbocycles. The van der Waals surface area contributed by atoms with E-state index in [0.717, 1.165) is 12.1 Å². The third kappa shape index (κ3) is 2.94. The van der Waals surface area contributed by atoms with Crippen LogP contribution >= 0.6 is 0 Å². The molecule has 0 spiro atoms. The van der Waals surface area contributed by atoms with Crippen molar-refractivity contribution in [1.29, 1.82) is 0 Å². The van der Waals surface area contributed by atoms with Gasteiger partial charge >= 0.3 is 5.97 Å². The molecule has 0 aliphatic rings. The fraction of sp³-hybridized carbons (Fsp3) is 0.200. The molecule has 0 aliphatic heterocycles. The smallest absolute Gasteiger partial charge is 0.325 e. The van der Waals surface area contributed by atoms with Crippen molar-refractivity contribution in [3.05, 3.63) is 29.6 Å². The summed E-state index contributed by atoms with van der Waals surface area (Å²) in [4.78, 5) is 22.1. The van der Waals surface area contributed by atoms with Gasteiger partial charge in [-0.05, 0) is 12.1 Å². The minimum absolute atomic E-state index is 0.248. The van der Waals surface area contributed by atoms with Gasteiger partial charge < -0.3 is 15.2 Å². The van der Waals surface area contributed by atoms with Crippen LogP contribution in [0.2, 0.25) is 0 Å². The highest BCUT2D eigenvalue weighted by Crippen LogP contribution is 2.14. The molecule has 0 atom stereocenters. The summed E-state index contributed by atoms with van der Waals surface area (Å²) in [5, 5.41) is 11.1. The Hall–Kier alpha value is -2.11. The second kappa shape index (κ2) is 5.11. The number of methoxy groups -OCH3 is 1. The highest BCUT2D eigenvalue weighted by Gasteiger charge is 2.13. The number of benzene rings is 1. The Morgan fingerprint density at radius 2 is 2.19 bits per heavy atom. The zero-order chi connectivity index (χ0) is 12.1. The number of phenols is 1. The highest BCUT2D eigenvalue weighted by molar-refractivity contribution is 5.96. The maximum atomic E-state index is 13.2. The lowest BCUT2D eigenvalue weighted by molar-refractivity contribution is -0.139. The molecule has 6 heteroatoms. The normalized spacial score (nSPS) is 9.62. The summed E-state index contributed by atoms with van der Waals surface area (Å²) in [6.45, 7) is -0.338. The van der Waals surface area contributed by atoms with Crippen LogP contribution in [-0.4, -0.2) is 30.6 Å². The molecule has 2 N–H and O–H groups in total. The molecule has 0 fully saturated rings. The van der Waals surface area contributed by atoms with E-state index in [1.165, 1.54) is 13.2 Å². The molecule has 0 unspecified atom stereocenters. The molecule has 1 rings (SSSR count). The van der Waals surface area contributed by atoms with Gasteiger partial charge in [-0.15, -0.1) is 0 Å². The lowest BCUT2D eigenvalue weighted by Crippen LogP contribution is -2.30. The summed E-state index contributed by atoms with van der Waals surface area (Å²) in [5.74, 6) is -2.51. The molecule has 0 radical (unpaired) electrons. The average molecular weight is 227 g/mol. The van der Waals surface area contributed by atoms with E-state index in [0.29, 0.717) is 0 Å². The van der Waals surface area contributed by atoms with E-state index in [1.54, 1.807) is 0 Å². The largest absolute Gasteiger partial charge is 0.508 e. The van der Waals surface area contributed by atoms with Gasteiger partial charge in [0, 0.05) is 6.07 Å². The number of halogens is 1. The number of phenolic OH excluding ortho intramolecular Hbond substituents is 1. The fourth-order valence-electron chi connectivity index (χ4n) is 1.01. The van der Waals surface area contributed by atoms with Gasteiger partial charge in [-0.2, -0.15) is 0 Å². The molecule has 16 heavy (non-hydrogen) atoms. The number of rotatable bonds is 3. The summed E-state index contributed by atoms with van der Waals surface area (Å²) < 4.78 is 17.5. The Bertz CT molecular complexity index is 419. The predicted molar refractivity (Wildman–Crippen MR) is 52.4 cm³/mol. The van der Waals surface area contributed by atoms with Crippen LogP contribution in [0.1, 0.15) is 10.4 Å². The Labute approximate surface area is 90.8 Å². The first kappa shape index (κ1) is 12.0. The maximum absolute atomic E-state index is 13.2. The van der Waals surface area contributed by atoms with Gasteiger partial charge in [-0.1, -0.05) is 0 Å². The lowest BCUT2D eigenvalue weighted by Gasteiger charge is -2.04. The van der Waals surface area contributed by atoms with E-state index in [1.807, 2.05) is 0 Å². The lowest BCUT2D eigenvalue weighted by atomic mass is 10.2. The predicted octanol–water partition coefficient (Wildman–Crippen LogP) is 0.434. The number of ether oxygens (including phenoxy) is 1. The third-order valence-electron chi connectivity index (χ3n) is 1.82. The first-order valence-electron chi connectivity index (χ1n) is 4.38. The molecule has 5 nitrogen and oxygen atoms in total. The highest BCUT2D eigenvalue weighted by atomic mass is 19.1. The van der Waals surface area contributed by atoms with E-state index in [4.69, 9.17) is 5.11 Å². The first-order valence-corrected chi connectivity index (χ1v) is 4.38. The molecule has 1 aromatic carbocycles. The second-order valence-corrected chi connectivity index (χ2v) is 2.92. The van der Waals surface area contributed by atoms with Crippen LogP contribution in [0.4, 0.5) is 4.39 Å². The van der Waals surface area contributed by atoms with Crippen LogP contribution in [0, 0.1) is 5.82 Å². The SMILES string of the molecule is COC(=O)CNC(=O)c1ccc(O)cc1F. The number of aromatic hydroxyl groups is 1. The molecule has 0 saturated heterocycles. The second-order valence-electron chi connectivity index (χ2n) is 2.92. The number of nitrogens with one attached hydrogen (secondary N) is 1. The van der Waals surface area contributed by atoms with Crippen LogP contribution < -0.4 is 5.32 Å². The summed E-state index contributed by atoms with van der Waals surface area (Å²) in [5.41, 5.74) is -0.248. The van der Waals surface area contributed by atoms with E-state index in [9.17, 15) is 14.0 Å². The van der Waals surface area contributed by atoms with Crippen LogP contribution in [-0.2, 0) is 9.53 Å². The van der Waals surface area contributed by atoms with Crippen molar-refractivity contribution < 1.29 is 23.8 Å². The van der Waals surface area contributed by atoms with Crippen molar-refractivity contribution in [2.24, 2.45) is 0 Å². The van der Waals surface area contributed by atoms with Crippen LogP contribution in [0.15, 0.2) is 18.2 Å². The van der Waals surface area contributed by atoms with Crippen molar-refractivity contribution in [3.63, 3.8) is 0 Å². The molecule has 1 amide bonds. The quantitative estimate of drug-likeness (QED) is 0.734. The van der Waals surface area contributed by atoms with Crippen molar-refractivity contribution in [2.45, 2.75) is 0 Å². The Balaban J connectivity index is 2.70. The average Bonchev–Trinajstić information content (AvgIpc) is 2.25. The molecular weight excluding hydrogens is 217 g/mol. The van der Waals surface area contributed by atoms with E-state index in [-0.39, 0.29) is 17.9 Å². The number of amides is 1. The summed E-state index contributed by atoms with van der Waals surface area (Å²) in [7, 11) is 1.18. The molecule has 0 saturated carbocycles. The third-order valence-corrected chi connectivity index (χ3v) is 1.82. The number of esters is 1. The van der Waals surface area contributed by atoms with Gasteiger partial charge in [0.25, 0.3) is 5.91 Å². The molecule has 1 aromatic rings. The summed E-state index contributed by atoms with van der Waals surface area (Å²) >= 11 is 0. The molecule has 0 bridgehead atoms. The van der Waals surface area contributed by atoms with Crippen LogP contribution in [0.25, 0.3) is 0 Å². The fourth-order valence-corrected chi connectivity index (χ4v) is 1.01. The Kier molecular flexibility index (Phi) is 3.82. The zero-order valence-electron chi connectivity index (χ0n) is 8.49. The van der Waals surface area contributed by atoms with Gasteiger partial charge in [0.05, 0.1) is 12.7 Å². The first-order chi connectivity index (χ1) is 7.54. The van der Waals surface area contributed by atoms with Gasteiger partial charge in [0.2, 0.25) is 0 Å². The Morgan fingerprint density at radius 3 is 2.75 bits per heavy atom. The van der Waals surface area contributed by atoms with E-state index >= 15 is 0 Å². The molecule has 0 heterocycles. The summed E-state index contributed by atoms with van der Waals surface area (Å²) in [6, 6.07) is 3.11. The van der Waals surface area contributed by atoms with Gasteiger partial charge in [0.15, 0.2) is 0 Å². The number of carbonyl (C=O) groups is 2. The van der Waals surface area contributed by atoms with Crippen molar-refractivity contribution in [1.82, 2.24) is 5.32 Å². The van der Waals surface area contributed by atoms with Gasteiger partial charge in [-0.3, -0.25) is 9.59 Å². The van der Waals surface area contributed by atoms with Gasteiger partial charge in [-0.25, -0.2) is 4.39 Å². The van der Waals surface area contributed by atoms with E-state index < -0.39 is 17.7 Å². The van der Waals surface area contributed by atoms with Crippen molar-refractivity contribution in [2.75, 3.05) is 13.7 Å². The monoisotopic (exact) mass is 227 g/mol.